The molecule has 25 atom stereocenters. The molecule has 0 aromatic carbocycles. The molecular weight excluding hydrogens is 804 g/mol. The van der Waals surface area contributed by atoms with Gasteiger partial charge >= 0.3 is 0 Å². The van der Waals surface area contributed by atoms with Gasteiger partial charge in [-0.2, -0.15) is 0 Å². The fourth-order valence-corrected chi connectivity index (χ4v) is 8.34. The highest BCUT2D eigenvalue weighted by molar-refractivity contribution is 7.99. The van der Waals surface area contributed by atoms with Gasteiger partial charge < -0.3 is 124 Å². The molecule has 0 unspecified atom stereocenters. The van der Waals surface area contributed by atoms with Crippen LogP contribution in [0.15, 0.2) is 0 Å². The van der Waals surface area contributed by atoms with Gasteiger partial charge in [-0.25, -0.2) is 0 Å². The number of rotatable bonds is 14. The second-order valence-electron chi connectivity index (χ2n) is 14.2. The second kappa shape index (κ2) is 20.5. The Labute approximate surface area is 328 Å². The molecule has 0 saturated carbocycles. The average molecular weight is 859 g/mol. The minimum absolute atomic E-state index is 0.366. The number of aliphatic hydroxyl groups excluding tert-OH is 16. The summed E-state index contributed by atoms with van der Waals surface area (Å²) >= 11 is 0.706. The summed E-state index contributed by atoms with van der Waals surface area (Å²) in [6.45, 7) is -3.25. The zero-order valence-corrected chi connectivity index (χ0v) is 31.0. The van der Waals surface area contributed by atoms with Gasteiger partial charge in [-0.1, -0.05) is 0 Å². The lowest BCUT2D eigenvalue weighted by Crippen LogP contribution is -2.66. The van der Waals surface area contributed by atoms with Gasteiger partial charge in [0.15, 0.2) is 25.2 Å². The maximum absolute atomic E-state index is 11.1. The summed E-state index contributed by atoms with van der Waals surface area (Å²) in [5, 5.41) is 167. The highest BCUT2D eigenvalue weighted by Crippen LogP contribution is 2.36. The van der Waals surface area contributed by atoms with E-state index in [4.69, 9.17) is 42.6 Å². The number of aliphatic hydroxyl groups is 16. The SMILES string of the molecule is CO[C@H]1O[C@H](CO)[C@@H](O[C@H]2O[C@H](CO)[C@@H](O[C@H]3O[C@H](CS[C@H]4O[C@H](CO)[C@@H](O[C@H]5O[C@H](CO)[C@@H](O)[C@H](O)[C@H]5O)[C@H](O)[C@H]4O)[C@@H](O)[C@H](O)[C@H]3O)[C@H](O)[C@H]2O)[C@H](O)[C@H]1O. The van der Waals surface area contributed by atoms with Crippen molar-refractivity contribution in [3.63, 3.8) is 0 Å². The Bertz CT molecular complexity index is 1220. The van der Waals surface area contributed by atoms with Crippen molar-refractivity contribution < 1.29 is 124 Å². The van der Waals surface area contributed by atoms with Crippen LogP contribution in [0.3, 0.4) is 0 Å². The van der Waals surface area contributed by atoms with E-state index in [1.165, 1.54) is 7.11 Å². The van der Waals surface area contributed by atoms with Crippen molar-refractivity contribution in [1.29, 1.82) is 0 Å². The molecule has 5 heterocycles. The molecule has 0 spiro atoms. The van der Waals surface area contributed by atoms with Gasteiger partial charge in [0.2, 0.25) is 0 Å². The van der Waals surface area contributed by atoms with Crippen LogP contribution in [0.2, 0.25) is 0 Å². The highest BCUT2D eigenvalue weighted by Gasteiger charge is 2.55. The average Bonchev–Trinajstić information content (AvgIpc) is 3.21. The molecule has 5 aliphatic heterocycles. The van der Waals surface area contributed by atoms with E-state index in [1.54, 1.807) is 0 Å². The Morgan fingerprint density at radius 2 is 0.702 bits per heavy atom. The zero-order valence-electron chi connectivity index (χ0n) is 30.2. The van der Waals surface area contributed by atoms with Crippen LogP contribution in [0.25, 0.3) is 0 Å². The molecule has 0 amide bonds. The third kappa shape index (κ3) is 9.87. The van der Waals surface area contributed by atoms with E-state index in [9.17, 15) is 81.7 Å². The van der Waals surface area contributed by atoms with E-state index in [0.717, 1.165) is 0 Å². The first-order chi connectivity index (χ1) is 27.0. The van der Waals surface area contributed by atoms with Crippen LogP contribution in [0.5, 0.6) is 0 Å². The van der Waals surface area contributed by atoms with Gasteiger partial charge in [0.05, 0.1) is 32.5 Å². The number of hydrogen-bond donors (Lipinski definition) is 16. The first-order valence-corrected chi connectivity index (χ1v) is 19.1. The van der Waals surface area contributed by atoms with Crippen molar-refractivity contribution in [2.24, 2.45) is 0 Å². The molecule has 5 saturated heterocycles. The van der Waals surface area contributed by atoms with Crippen LogP contribution in [-0.4, -0.2) is 274 Å². The maximum Gasteiger partial charge on any atom is 0.187 e. The van der Waals surface area contributed by atoms with E-state index < -0.39 is 179 Å². The lowest BCUT2D eigenvalue weighted by Gasteiger charge is -2.48. The number of thioether (sulfide) groups is 1. The molecule has 16 N–H and O–H groups in total. The predicted octanol–water partition coefficient (Wildman–Crippen LogP) is -10.6. The second-order valence-corrected chi connectivity index (χ2v) is 15.3. The summed E-state index contributed by atoms with van der Waals surface area (Å²) in [6.07, 6.45) is -40.9. The van der Waals surface area contributed by atoms with Crippen LogP contribution in [0.4, 0.5) is 0 Å². The molecule has 0 aromatic rings. The van der Waals surface area contributed by atoms with Gasteiger partial charge in [-0.3, -0.25) is 0 Å². The Kier molecular flexibility index (Phi) is 17.0. The van der Waals surface area contributed by atoms with Crippen LogP contribution in [0, 0.1) is 0 Å². The highest BCUT2D eigenvalue weighted by atomic mass is 32.2. The summed E-state index contributed by atoms with van der Waals surface area (Å²) in [7, 11) is 1.18. The van der Waals surface area contributed by atoms with Crippen molar-refractivity contribution in [2.45, 2.75) is 153 Å². The minimum atomic E-state index is -2.01. The van der Waals surface area contributed by atoms with Crippen LogP contribution in [0.1, 0.15) is 0 Å². The Hall–Kier alpha value is -0.650. The predicted molar refractivity (Wildman–Crippen MR) is 178 cm³/mol. The Balaban J connectivity index is 1.21. The van der Waals surface area contributed by atoms with Crippen LogP contribution < -0.4 is 0 Å². The molecule has 0 bridgehead atoms. The quantitative estimate of drug-likeness (QED) is 0.0771. The Morgan fingerprint density at radius 1 is 0.368 bits per heavy atom. The summed E-state index contributed by atoms with van der Waals surface area (Å²) in [4.78, 5) is 0. The van der Waals surface area contributed by atoms with Gasteiger partial charge in [-0.15, -0.1) is 11.8 Å². The summed E-state index contributed by atoms with van der Waals surface area (Å²) in [5.41, 5.74) is -1.38. The van der Waals surface area contributed by atoms with E-state index in [-0.39, 0.29) is 5.75 Å². The third-order valence-electron chi connectivity index (χ3n) is 10.5. The van der Waals surface area contributed by atoms with E-state index in [1.807, 2.05) is 0 Å². The van der Waals surface area contributed by atoms with Crippen molar-refractivity contribution in [1.82, 2.24) is 0 Å². The normalized spacial score (nSPS) is 52.5. The van der Waals surface area contributed by atoms with Crippen molar-refractivity contribution >= 4 is 11.8 Å². The molecule has 0 aromatic heterocycles. The fourth-order valence-electron chi connectivity index (χ4n) is 7.11. The van der Waals surface area contributed by atoms with E-state index in [0.29, 0.717) is 11.8 Å². The van der Waals surface area contributed by atoms with Gasteiger partial charge in [0.1, 0.15) is 121 Å². The van der Waals surface area contributed by atoms with E-state index >= 15 is 0 Å². The summed E-state index contributed by atoms with van der Waals surface area (Å²) in [6, 6.07) is 0. The zero-order chi connectivity index (χ0) is 42.0. The van der Waals surface area contributed by atoms with Crippen molar-refractivity contribution in [3.05, 3.63) is 0 Å². The largest absolute Gasteiger partial charge is 0.394 e. The smallest absolute Gasteiger partial charge is 0.187 e. The van der Waals surface area contributed by atoms with Crippen molar-refractivity contribution in [2.75, 3.05) is 39.3 Å². The first kappa shape index (κ1) is 47.4. The topological polar surface area (TPSA) is 407 Å². The standard InChI is InChI=1S/C31H54O25S/c1-48-27-21(45)16(40)24(8(3-33)50-27)55-30-22(46)17(41)25(9(4-34)51-30)54-29-20(44)15(39)13(37)11(52-29)6-57-31-23(47)18(42)26(10(5-35)53-31)56-28-19(43)14(38)12(36)7(2-32)49-28/h7-47H,2-6H2,1H3/t7-,8-,9-,10-,11-,12-,13-,14+,15+,16-,17-,18-,19-,20-,21-,22-,23-,24-,25-,26-,27+,28-,29-,30-,31-/m1/s1. The third-order valence-corrected chi connectivity index (χ3v) is 11.7. The monoisotopic (exact) mass is 858 g/mol. The minimum Gasteiger partial charge on any atom is -0.394 e. The first-order valence-electron chi connectivity index (χ1n) is 18.0. The molecule has 5 rings (SSSR count). The Morgan fingerprint density at radius 3 is 1.14 bits per heavy atom. The molecular formula is C31H54O25S. The molecule has 5 fully saturated rings. The molecule has 57 heavy (non-hydrogen) atoms. The number of ether oxygens (including phenoxy) is 9. The molecule has 0 aliphatic carbocycles. The molecule has 0 radical (unpaired) electrons. The van der Waals surface area contributed by atoms with E-state index in [2.05, 4.69) is 0 Å². The molecule has 25 nitrogen and oxygen atoms in total. The number of hydrogen-bond acceptors (Lipinski definition) is 26. The van der Waals surface area contributed by atoms with Gasteiger partial charge in [0, 0.05) is 12.9 Å². The van der Waals surface area contributed by atoms with Gasteiger partial charge in [0.25, 0.3) is 0 Å². The van der Waals surface area contributed by atoms with Gasteiger partial charge in [-0.05, 0) is 0 Å². The lowest BCUT2D eigenvalue weighted by molar-refractivity contribution is -0.377. The molecule has 5 aliphatic rings. The maximum atomic E-state index is 11.1. The van der Waals surface area contributed by atoms with Crippen LogP contribution in [-0.2, 0) is 42.6 Å². The summed E-state index contributed by atoms with van der Waals surface area (Å²) in [5.74, 6) is -0.366. The number of methoxy groups -OCH3 is 1. The molecule has 334 valence electrons. The molecule has 26 heteroatoms. The lowest BCUT2D eigenvalue weighted by atomic mass is 9.96. The fraction of sp³-hybridized carbons (Fsp3) is 1.00. The van der Waals surface area contributed by atoms with Crippen LogP contribution >= 0.6 is 11.8 Å². The van der Waals surface area contributed by atoms with Crippen molar-refractivity contribution in [3.8, 4) is 0 Å². The summed E-state index contributed by atoms with van der Waals surface area (Å²) < 4.78 is 49.4.